The first kappa shape index (κ1) is 11.2. The summed E-state index contributed by atoms with van der Waals surface area (Å²) in [5.74, 6) is 0. The van der Waals surface area contributed by atoms with Crippen LogP contribution in [0.2, 0.25) is 0 Å². The Bertz CT molecular complexity index is 375. The van der Waals surface area contributed by atoms with E-state index in [0.717, 1.165) is 12.6 Å². The molecule has 2 aliphatic rings. The van der Waals surface area contributed by atoms with Crippen LogP contribution < -0.4 is 5.32 Å². The van der Waals surface area contributed by atoms with Crippen molar-refractivity contribution in [3.8, 4) is 0 Å². The number of hydrogen-bond donors (Lipinski definition) is 1. The lowest BCUT2D eigenvalue weighted by Gasteiger charge is -2.35. The van der Waals surface area contributed by atoms with Crippen molar-refractivity contribution >= 4 is 0 Å². The molecule has 2 aliphatic heterocycles. The van der Waals surface area contributed by atoms with Gasteiger partial charge in [0, 0.05) is 25.7 Å². The molecular formula is C12H21N5. The van der Waals surface area contributed by atoms with Crippen LogP contribution in [0, 0.1) is 0 Å². The summed E-state index contributed by atoms with van der Waals surface area (Å²) >= 11 is 0. The van der Waals surface area contributed by atoms with Crippen LogP contribution in [0.1, 0.15) is 31.4 Å². The summed E-state index contributed by atoms with van der Waals surface area (Å²) in [5, 5.41) is 11.5. The Morgan fingerprint density at radius 2 is 2.35 bits per heavy atom. The van der Waals surface area contributed by atoms with Crippen molar-refractivity contribution < 1.29 is 0 Å². The number of aryl methyl sites for hydroxylation is 1. The minimum atomic E-state index is 0.671. The summed E-state index contributed by atoms with van der Waals surface area (Å²) in [6, 6.07) is 1.51. The van der Waals surface area contributed by atoms with Gasteiger partial charge in [-0.05, 0) is 38.8 Å². The molecule has 94 valence electrons. The molecule has 1 N–H and O–H groups in total. The minimum absolute atomic E-state index is 0.671. The number of fused-ring (bicyclic) bond motifs is 1. The van der Waals surface area contributed by atoms with Crippen molar-refractivity contribution in [2.24, 2.45) is 7.05 Å². The molecule has 2 unspecified atom stereocenters. The number of hydrogen-bond acceptors (Lipinski definition) is 4. The van der Waals surface area contributed by atoms with Gasteiger partial charge in [0.1, 0.15) is 0 Å². The molecule has 17 heavy (non-hydrogen) atoms. The summed E-state index contributed by atoms with van der Waals surface area (Å²) in [7, 11) is 1.95. The van der Waals surface area contributed by atoms with Gasteiger partial charge in [-0.1, -0.05) is 5.21 Å². The smallest absolute Gasteiger partial charge is 0.0738 e. The van der Waals surface area contributed by atoms with E-state index in [1.54, 1.807) is 0 Å². The van der Waals surface area contributed by atoms with Gasteiger partial charge in [0.15, 0.2) is 0 Å². The van der Waals surface area contributed by atoms with Gasteiger partial charge < -0.3 is 10.2 Å². The summed E-state index contributed by atoms with van der Waals surface area (Å²) in [6.07, 6.45) is 7.22. The third-order valence-corrected chi connectivity index (χ3v) is 4.20. The molecule has 0 amide bonds. The Morgan fingerprint density at radius 3 is 3.18 bits per heavy atom. The second-order valence-electron chi connectivity index (χ2n) is 5.28. The molecule has 5 heteroatoms. The Kier molecular flexibility index (Phi) is 3.11. The maximum Gasteiger partial charge on any atom is 0.0738 e. The van der Waals surface area contributed by atoms with Crippen molar-refractivity contribution in [3.05, 3.63) is 11.9 Å². The SMILES string of the molecule is Cn1nncc1CNC1CCN2CCCC2C1. The zero-order valence-electron chi connectivity index (χ0n) is 10.5. The molecular weight excluding hydrogens is 214 g/mol. The highest BCUT2D eigenvalue weighted by Crippen LogP contribution is 2.26. The topological polar surface area (TPSA) is 46.0 Å². The van der Waals surface area contributed by atoms with Crippen LogP contribution in [-0.4, -0.2) is 45.1 Å². The van der Waals surface area contributed by atoms with Crippen molar-refractivity contribution in [3.63, 3.8) is 0 Å². The number of aromatic nitrogens is 3. The molecule has 0 aliphatic carbocycles. The second-order valence-corrected chi connectivity index (χ2v) is 5.28. The molecule has 1 aromatic rings. The summed E-state index contributed by atoms with van der Waals surface area (Å²) in [5.41, 5.74) is 1.17. The van der Waals surface area contributed by atoms with Crippen molar-refractivity contribution in [2.45, 2.75) is 44.3 Å². The lowest BCUT2D eigenvalue weighted by Crippen LogP contribution is -2.45. The Balaban J connectivity index is 1.51. The van der Waals surface area contributed by atoms with Crippen LogP contribution in [-0.2, 0) is 13.6 Å². The van der Waals surface area contributed by atoms with Gasteiger partial charge in [-0.15, -0.1) is 5.10 Å². The lowest BCUT2D eigenvalue weighted by atomic mass is 9.97. The molecule has 0 bridgehead atoms. The van der Waals surface area contributed by atoms with Crippen molar-refractivity contribution in [2.75, 3.05) is 13.1 Å². The molecule has 0 spiro atoms. The van der Waals surface area contributed by atoms with E-state index in [-0.39, 0.29) is 0 Å². The molecule has 0 radical (unpaired) electrons. The Hall–Kier alpha value is -0.940. The molecule has 3 rings (SSSR count). The van der Waals surface area contributed by atoms with E-state index in [9.17, 15) is 0 Å². The first-order chi connectivity index (χ1) is 8.33. The number of piperidine rings is 1. The minimum Gasteiger partial charge on any atom is -0.308 e. The van der Waals surface area contributed by atoms with E-state index in [1.165, 1.54) is 44.5 Å². The van der Waals surface area contributed by atoms with Gasteiger partial charge in [-0.2, -0.15) is 0 Å². The maximum atomic E-state index is 3.95. The predicted molar refractivity (Wildman–Crippen MR) is 65.5 cm³/mol. The molecule has 5 nitrogen and oxygen atoms in total. The summed E-state index contributed by atoms with van der Waals surface area (Å²) in [6.45, 7) is 3.48. The molecule has 3 heterocycles. The highest BCUT2D eigenvalue weighted by molar-refractivity contribution is 4.95. The maximum absolute atomic E-state index is 3.95. The number of rotatable bonds is 3. The van der Waals surface area contributed by atoms with Crippen LogP contribution in [0.5, 0.6) is 0 Å². The zero-order valence-corrected chi connectivity index (χ0v) is 10.5. The average molecular weight is 235 g/mol. The van der Waals surface area contributed by atoms with E-state index in [2.05, 4.69) is 20.5 Å². The van der Waals surface area contributed by atoms with Crippen molar-refractivity contribution in [1.82, 2.24) is 25.2 Å². The van der Waals surface area contributed by atoms with E-state index in [4.69, 9.17) is 0 Å². The largest absolute Gasteiger partial charge is 0.308 e. The number of nitrogens with one attached hydrogen (secondary N) is 1. The van der Waals surface area contributed by atoms with Crippen LogP contribution in [0.4, 0.5) is 0 Å². The quantitative estimate of drug-likeness (QED) is 0.830. The van der Waals surface area contributed by atoms with Gasteiger partial charge in [-0.3, -0.25) is 4.68 Å². The van der Waals surface area contributed by atoms with Crippen LogP contribution in [0.3, 0.4) is 0 Å². The van der Waals surface area contributed by atoms with Gasteiger partial charge in [0.05, 0.1) is 11.9 Å². The molecule has 2 atom stereocenters. The summed E-state index contributed by atoms with van der Waals surface area (Å²) < 4.78 is 1.84. The predicted octanol–water partition coefficient (Wildman–Crippen LogP) is 0.531. The van der Waals surface area contributed by atoms with E-state index in [1.807, 2.05) is 17.9 Å². The lowest BCUT2D eigenvalue weighted by molar-refractivity contribution is 0.166. The normalized spacial score (nSPS) is 29.5. The molecule has 0 saturated carbocycles. The Morgan fingerprint density at radius 1 is 1.41 bits per heavy atom. The van der Waals surface area contributed by atoms with E-state index >= 15 is 0 Å². The third kappa shape index (κ3) is 2.35. The monoisotopic (exact) mass is 235 g/mol. The molecule has 2 fully saturated rings. The highest BCUT2D eigenvalue weighted by atomic mass is 15.4. The first-order valence-electron chi connectivity index (χ1n) is 6.64. The van der Waals surface area contributed by atoms with Crippen LogP contribution in [0.25, 0.3) is 0 Å². The fourth-order valence-electron chi connectivity index (χ4n) is 3.13. The third-order valence-electron chi connectivity index (χ3n) is 4.20. The molecule has 0 aromatic carbocycles. The highest BCUT2D eigenvalue weighted by Gasteiger charge is 2.31. The van der Waals surface area contributed by atoms with Gasteiger partial charge in [0.2, 0.25) is 0 Å². The van der Waals surface area contributed by atoms with E-state index < -0.39 is 0 Å². The van der Waals surface area contributed by atoms with Crippen molar-refractivity contribution in [1.29, 1.82) is 0 Å². The fraction of sp³-hybridized carbons (Fsp3) is 0.833. The average Bonchev–Trinajstić information content (AvgIpc) is 2.94. The van der Waals surface area contributed by atoms with Crippen LogP contribution in [0.15, 0.2) is 6.20 Å². The Labute approximate surface area is 102 Å². The molecule has 1 aromatic heterocycles. The van der Waals surface area contributed by atoms with E-state index in [0.29, 0.717) is 6.04 Å². The van der Waals surface area contributed by atoms with Gasteiger partial charge >= 0.3 is 0 Å². The number of nitrogens with zero attached hydrogens (tertiary/aromatic N) is 4. The zero-order chi connectivity index (χ0) is 11.7. The fourth-order valence-corrected chi connectivity index (χ4v) is 3.13. The summed E-state index contributed by atoms with van der Waals surface area (Å²) in [4.78, 5) is 2.66. The second kappa shape index (κ2) is 4.74. The van der Waals surface area contributed by atoms with Crippen LogP contribution >= 0.6 is 0 Å². The standard InChI is InChI=1S/C12H21N5/c1-16-12(9-14-15-16)8-13-10-4-6-17-5-2-3-11(17)7-10/h9-11,13H,2-8H2,1H3. The van der Waals surface area contributed by atoms with Gasteiger partial charge in [-0.25, -0.2) is 0 Å². The van der Waals surface area contributed by atoms with Gasteiger partial charge in [0.25, 0.3) is 0 Å². The molecule has 2 saturated heterocycles. The first-order valence-corrected chi connectivity index (χ1v) is 6.64.